The number of nitrogens with zero attached hydrogens (tertiary/aromatic N) is 3. The molecule has 2 aliphatic rings. The number of fused-ring (bicyclic) bond motifs is 1. The van der Waals surface area contributed by atoms with Gasteiger partial charge in [-0.2, -0.15) is 5.26 Å². The Morgan fingerprint density at radius 3 is 2.76 bits per heavy atom. The molecule has 0 saturated heterocycles. The van der Waals surface area contributed by atoms with Crippen LogP contribution in [0, 0.1) is 17.1 Å². The highest BCUT2D eigenvalue weighted by Crippen LogP contribution is 2.50. The standard InChI is InChI=1S/C31H39F2N5O4/c1-42-24(18-32)20-38(16-3-2-8-23-11-10-21-7-5-15-35-28(21)36-23)17-12-26(29(39)40)37-30(41)31(13-14-31)27-22(19-34)6-4-9-25(27)33/h4,6,9-11,24,26H,2-3,5,7-8,12-18,20H2,1H3,(H,35,36)(H,37,41)(H,39,40)/t24-,26+/m1/s1. The smallest absolute Gasteiger partial charge is 0.326 e. The molecule has 1 aromatic heterocycles. The summed E-state index contributed by atoms with van der Waals surface area (Å²) in [6.45, 7) is 1.41. The van der Waals surface area contributed by atoms with Crippen LogP contribution in [0.15, 0.2) is 30.3 Å². The number of aromatic nitrogens is 1. The zero-order valence-corrected chi connectivity index (χ0v) is 24.0. The number of alkyl halides is 1. The number of benzene rings is 1. The molecular weight excluding hydrogens is 544 g/mol. The SMILES string of the molecule is CO[C@H](CF)CN(CCCCc1ccc2c(n1)NCCC2)CC[C@H](NC(=O)C1(c2c(F)cccc2C#N)CC1)C(=O)O. The van der Waals surface area contributed by atoms with Crippen molar-refractivity contribution in [2.45, 2.75) is 68.9 Å². The Bertz CT molecular complexity index is 1290. The first-order valence-corrected chi connectivity index (χ1v) is 14.6. The van der Waals surface area contributed by atoms with Crippen molar-refractivity contribution in [3.63, 3.8) is 0 Å². The highest BCUT2D eigenvalue weighted by molar-refractivity contribution is 5.94. The predicted molar refractivity (Wildman–Crippen MR) is 153 cm³/mol. The fourth-order valence-electron chi connectivity index (χ4n) is 5.60. The van der Waals surface area contributed by atoms with Gasteiger partial charge in [0.15, 0.2) is 0 Å². The summed E-state index contributed by atoms with van der Waals surface area (Å²) in [7, 11) is 1.44. The highest BCUT2D eigenvalue weighted by Gasteiger charge is 2.54. The van der Waals surface area contributed by atoms with Gasteiger partial charge < -0.3 is 25.4 Å². The van der Waals surface area contributed by atoms with E-state index in [1.807, 2.05) is 11.0 Å². The van der Waals surface area contributed by atoms with Crippen LogP contribution in [0.1, 0.15) is 60.9 Å². The minimum absolute atomic E-state index is 0.0193. The van der Waals surface area contributed by atoms with E-state index in [0.29, 0.717) is 19.4 Å². The van der Waals surface area contributed by atoms with Crippen molar-refractivity contribution in [2.75, 3.05) is 45.3 Å². The number of aryl methyl sites for hydroxylation is 2. The summed E-state index contributed by atoms with van der Waals surface area (Å²) in [4.78, 5) is 32.1. The third kappa shape index (κ3) is 7.61. The zero-order chi connectivity index (χ0) is 30.1. The average molecular weight is 584 g/mol. The minimum Gasteiger partial charge on any atom is -0.480 e. The molecular formula is C31H39F2N5O4. The van der Waals surface area contributed by atoms with E-state index in [4.69, 9.17) is 9.72 Å². The van der Waals surface area contributed by atoms with Gasteiger partial charge in [0.2, 0.25) is 5.91 Å². The maximum absolute atomic E-state index is 14.7. The fraction of sp³-hybridized carbons (Fsp3) is 0.548. The van der Waals surface area contributed by atoms with E-state index >= 15 is 0 Å². The third-order valence-corrected chi connectivity index (χ3v) is 8.21. The van der Waals surface area contributed by atoms with Crippen LogP contribution in [0.3, 0.4) is 0 Å². The van der Waals surface area contributed by atoms with Gasteiger partial charge in [0, 0.05) is 38.0 Å². The molecule has 11 heteroatoms. The Kier molecular flexibility index (Phi) is 10.8. The van der Waals surface area contributed by atoms with Gasteiger partial charge in [0.1, 0.15) is 24.4 Å². The Morgan fingerprint density at radius 2 is 2.07 bits per heavy atom. The number of carbonyl (C=O) groups excluding carboxylic acids is 1. The summed E-state index contributed by atoms with van der Waals surface area (Å²) < 4.78 is 33.4. The topological polar surface area (TPSA) is 128 Å². The Labute approximate surface area is 245 Å². The Morgan fingerprint density at radius 1 is 1.26 bits per heavy atom. The van der Waals surface area contributed by atoms with E-state index in [0.717, 1.165) is 50.2 Å². The number of hydrogen-bond donors (Lipinski definition) is 3. The second-order valence-electron chi connectivity index (χ2n) is 11.1. The van der Waals surface area contributed by atoms with Crippen LogP contribution in [0.25, 0.3) is 0 Å². The molecule has 0 spiro atoms. The maximum atomic E-state index is 14.7. The van der Waals surface area contributed by atoms with E-state index in [2.05, 4.69) is 22.8 Å². The monoisotopic (exact) mass is 583 g/mol. The number of halogens is 2. The highest BCUT2D eigenvalue weighted by atomic mass is 19.1. The van der Waals surface area contributed by atoms with E-state index in [1.165, 1.54) is 30.9 Å². The lowest BCUT2D eigenvalue weighted by Gasteiger charge is -2.27. The molecule has 0 radical (unpaired) electrons. The van der Waals surface area contributed by atoms with Crippen molar-refractivity contribution in [1.29, 1.82) is 5.26 Å². The van der Waals surface area contributed by atoms with Gasteiger partial charge in [0.25, 0.3) is 0 Å². The lowest BCUT2D eigenvalue weighted by molar-refractivity contribution is -0.142. The number of carbonyl (C=O) groups is 2. The number of amides is 1. The number of methoxy groups -OCH3 is 1. The van der Waals surface area contributed by atoms with Crippen LogP contribution in [-0.2, 0) is 32.6 Å². The second kappa shape index (κ2) is 14.5. The summed E-state index contributed by atoms with van der Waals surface area (Å²) in [6, 6.07) is 8.95. The Hall–Kier alpha value is -3.62. The van der Waals surface area contributed by atoms with Gasteiger partial charge in [-0.3, -0.25) is 4.79 Å². The molecule has 1 fully saturated rings. The molecule has 1 amide bonds. The fourth-order valence-corrected chi connectivity index (χ4v) is 5.60. The van der Waals surface area contributed by atoms with Crippen LogP contribution in [0.4, 0.5) is 14.6 Å². The lowest BCUT2D eigenvalue weighted by Crippen LogP contribution is -2.48. The number of ether oxygens (including phenoxy) is 1. The van der Waals surface area contributed by atoms with Crippen molar-refractivity contribution in [1.82, 2.24) is 15.2 Å². The van der Waals surface area contributed by atoms with Crippen molar-refractivity contribution in [3.05, 3.63) is 58.5 Å². The van der Waals surface area contributed by atoms with Gasteiger partial charge in [-0.05, 0) is 81.7 Å². The maximum Gasteiger partial charge on any atom is 0.326 e. The number of nitriles is 1. The zero-order valence-electron chi connectivity index (χ0n) is 24.0. The molecule has 9 nitrogen and oxygen atoms in total. The van der Waals surface area contributed by atoms with E-state index in [1.54, 1.807) is 0 Å². The summed E-state index contributed by atoms with van der Waals surface area (Å²) in [5, 5.41) is 25.3. The number of hydrogen-bond acceptors (Lipinski definition) is 7. The molecule has 226 valence electrons. The van der Waals surface area contributed by atoms with E-state index < -0.39 is 41.9 Å². The van der Waals surface area contributed by atoms with Crippen LogP contribution in [-0.4, -0.2) is 79.0 Å². The first-order valence-electron chi connectivity index (χ1n) is 14.6. The predicted octanol–water partition coefficient (Wildman–Crippen LogP) is 3.75. The molecule has 2 heterocycles. The van der Waals surface area contributed by atoms with Gasteiger partial charge in [0.05, 0.1) is 23.2 Å². The number of carboxylic acid groups (broad SMARTS) is 1. The molecule has 1 aromatic carbocycles. The average Bonchev–Trinajstić information content (AvgIpc) is 3.80. The molecule has 3 N–H and O–H groups in total. The second-order valence-corrected chi connectivity index (χ2v) is 11.1. The van der Waals surface area contributed by atoms with Crippen LogP contribution in [0.2, 0.25) is 0 Å². The molecule has 2 atom stereocenters. The number of aliphatic carboxylic acids is 1. The lowest BCUT2D eigenvalue weighted by atomic mass is 9.90. The number of carboxylic acids is 1. The quantitative estimate of drug-likeness (QED) is 0.255. The minimum atomic E-state index is -1.25. The largest absolute Gasteiger partial charge is 0.480 e. The molecule has 1 aliphatic heterocycles. The number of nitrogens with one attached hydrogen (secondary N) is 2. The van der Waals surface area contributed by atoms with Crippen LogP contribution >= 0.6 is 0 Å². The third-order valence-electron chi connectivity index (χ3n) is 8.21. The Balaban J connectivity index is 1.35. The number of pyridine rings is 1. The summed E-state index contributed by atoms with van der Waals surface area (Å²) >= 11 is 0. The number of rotatable bonds is 16. The van der Waals surface area contributed by atoms with Gasteiger partial charge in [-0.25, -0.2) is 18.6 Å². The van der Waals surface area contributed by atoms with Gasteiger partial charge >= 0.3 is 5.97 Å². The normalized spacial score (nSPS) is 16.5. The van der Waals surface area contributed by atoms with Crippen LogP contribution < -0.4 is 10.6 Å². The van der Waals surface area contributed by atoms with Crippen LogP contribution in [0.5, 0.6) is 0 Å². The first kappa shape index (κ1) is 31.3. The molecule has 0 unspecified atom stereocenters. The van der Waals surface area contributed by atoms with Crippen molar-refractivity contribution in [3.8, 4) is 6.07 Å². The number of anilines is 1. The van der Waals surface area contributed by atoms with Crippen molar-refractivity contribution >= 4 is 17.7 Å². The van der Waals surface area contributed by atoms with Gasteiger partial charge in [-0.15, -0.1) is 0 Å². The summed E-state index contributed by atoms with van der Waals surface area (Å²) in [6.07, 6.45) is 4.62. The van der Waals surface area contributed by atoms with E-state index in [-0.39, 0.29) is 30.6 Å². The molecule has 1 saturated carbocycles. The van der Waals surface area contributed by atoms with E-state index in [9.17, 15) is 28.7 Å². The number of unbranched alkanes of at least 4 members (excludes halogenated alkanes) is 1. The van der Waals surface area contributed by atoms with Crippen molar-refractivity contribution < 1.29 is 28.2 Å². The van der Waals surface area contributed by atoms with Gasteiger partial charge in [-0.1, -0.05) is 12.1 Å². The molecule has 4 rings (SSSR count). The molecule has 0 bridgehead atoms. The molecule has 2 aromatic rings. The van der Waals surface area contributed by atoms with Crippen molar-refractivity contribution in [2.24, 2.45) is 0 Å². The molecule has 1 aliphatic carbocycles. The molecule has 42 heavy (non-hydrogen) atoms. The summed E-state index contributed by atoms with van der Waals surface area (Å²) in [5.74, 6) is -1.51. The summed E-state index contributed by atoms with van der Waals surface area (Å²) in [5.41, 5.74) is 1.08. The first-order chi connectivity index (χ1) is 20.3.